The minimum Gasteiger partial charge on any atom is -0.380 e. The van der Waals surface area contributed by atoms with Gasteiger partial charge in [-0.2, -0.15) is 4.98 Å². The molecule has 2 aromatic heterocycles. The molecule has 0 atom stereocenters. The molecule has 0 fully saturated rings. The highest BCUT2D eigenvalue weighted by atomic mass is 35.5. The Bertz CT molecular complexity index is 517. The Labute approximate surface area is 116 Å². The summed E-state index contributed by atoms with van der Waals surface area (Å²) in [4.78, 5) is 11.7. The molecular formula is C12H16ClN3OS. The van der Waals surface area contributed by atoms with Crippen molar-refractivity contribution in [2.75, 3.05) is 31.2 Å². The Morgan fingerprint density at radius 3 is 2.94 bits per heavy atom. The van der Waals surface area contributed by atoms with Crippen molar-refractivity contribution in [3.63, 3.8) is 0 Å². The number of hydrogen-bond acceptors (Lipinski definition) is 5. The van der Waals surface area contributed by atoms with Crippen LogP contribution in [0.2, 0.25) is 5.28 Å². The summed E-state index contributed by atoms with van der Waals surface area (Å²) in [6, 6.07) is 2.04. The van der Waals surface area contributed by atoms with E-state index < -0.39 is 0 Å². The third-order valence-electron chi connectivity index (χ3n) is 2.67. The quantitative estimate of drug-likeness (QED) is 0.603. The Morgan fingerprint density at radius 2 is 2.22 bits per heavy atom. The molecule has 0 bridgehead atoms. The van der Waals surface area contributed by atoms with E-state index in [-0.39, 0.29) is 0 Å². The molecule has 0 amide bonds. The van der Waals surface area contributed by atoms with Gasteiger partial charge < -0.3 is 9.64 Å². The molecule has 0 aliphatic rings. The van der Waals surface area contributed by atoms with Crippen LogP contribution in [0, 0.1) is 0 Å². The van der Waals surface area contributed by atoms with Gasteiger partial charge in [0.1, 0.15) is 10.6 Å². The lowest BCUT2D eigenvalue weighted by Crippen LogP contribution is -2.28. The third kappa shape index (κ3) is 2.91. The van der Waals surface area contributed by atoms with Crippen molar-refractivity contribution < 1.29 is 4.74 Å². The molecule has 0 spiro atoms. The van der Waals surface area contributed by atoms with Gasteiger partial charge in [-0.25, -0.2) is 4.98 Å². The zero-order valence-corrected chi connectivity index (χ0v) is 12.1. The fraction of sp³-hybridized carbons (Fsp3) is 0.500. The number of likely N-dealkylation sites (N-methyl/N-ethyl adjacent to an activating group) is 1. The van der Waals surface area contributed by atoms with Gasteiger partial charge in [-0.05, 0) is 36.9 Å². The van der Waals surface area contributed by atoms with Gasteiger partial charge in [0.15, 0.2) is 0 Å². The minimum atomic E-state index is 0.301. The normalized spacial score (nSPS) is 11.1. The standard InChI is InChI=1S/C12H16ClN3OS/c1-3-16(6-7-17-4-2)10-9-5-8-18-11(9)15-12(13)14-10/h5,8H,3-4,6-7H2,1-2H3. The molecule has 0 radical (unpaired) electrons. The van der Waals surface area contributed by atoms with Crippen LogP contribution in [0.4, 0.5) is 5.82 Å². The largest absolute Gasteiger partial charge is 0.380 e. The Kier molecular flexibility index (Phi) is 4.74. The van der Waals surface area contributed by atoms with E-state index in [0.29, 0.717) is 11.9 Å². The van der Waals surface area contributed by atoms with E-state index in [9.17, 15) is 0 Å². The van der Waals surface area contributed by atoms with E-state index in [4.69, 9.17) is 16.3 Å². The average Bonchev–Trinajstić information content (AvgIpc) is 2.82. The molecule has 0 saturated heterocycles. The van der Waals surface area contributed by atoms with Crippen LogP contribution >= 0.6 is 22.9 Å². The molecule has 0 unspecified atom stereocenters. The first kappa shape index (κ1) is 13.5. The Hall–Kier alpha value is -0.910. The summed E-state index contributed by atoms with van der Waals surface area (Å²) in [6.07, 6.45) is 0. The van der Waals surface area contributed by atoms with Crippen molar-refractivity contribution in [1.29, 1.82) is 0 Å². The van der Waals surface area contributed by atoms with Crippen LogP contribution in [0.5, 0.6) is 0 Å². The molecule has 6 heteroatoms. The van der Waals surface area contributed by atoms with Gasteiger partial charge in [-0.1, -0.05) is 0 Å². The number of halogens is 1. The Balaban J connectivity index is 2.28. The predicted molar refractivity (Wildman–Crippen MR) is 76.8 cm³/mol. The van der Waals surface area contributed by atoms with Crippen molar-refractivity contribution in [2.24, 2.45) is 0 Å². The van der Waals surface area contributed by atoms with Gasteiger partial charge in [0, 0.05) is 19.7 Å². The molecule has 0 N–H and O–H groups in total. The molecule has 2 heterocycles. The molecule has 2 rings (SSSR count). The highest BCUT2D eigenvalue weighted by Gasteiger charge is 2.13. The highest BCUT2D eigenvalue weighted by Crippen LogP contribution is 2.28. The summed E-state index contributed by atoms with van der Waals surface area (Å²) in [5, 5.41) is 3.37. The van der Waals surface area contributed by atoms with Gasteiger partial charge in [0.2, 0.25) is 5.28 Å². The molecule has 4 nitrogen and oxygen atoms in total. The third-order valence-corrected chi connectivity index (χ3v) is 3.64. The van der Waals surface area contributed by atoms with Gasteiger partial charge in [-0.15, -0.1) is 11.3 Å². The van der Waals surface area contributed by atoms with E-state index in [1.165, 1.54) is 0 Å². The molecule has 0 aliphatic heterocycles. The molecule has 18 heavy (non-hydrogen) atoms. The van der Waals surface area contributed by atoms with Crippen LogP contribution in [0.25, 0.3) is 10.2 Å². The smallest absolute Gasteiger partial charge is 0.225 e. The van der Waals surface area contributed by atoms with Crippen molar-refractivity contribution in [2.45, 2.75) is 13.8 Å². The molecule has 98 valence electrons. The number of aromatic nitrogens is 2. The first-order valence-corrected chi connectivity index (χ1v) is 7.25. The summed E-state index contributed by atoms with van der Waals surface area (Å²) in [7, 11) is 0. The van der Waals surface area contributed by atoms with E-state index in [1.807, 2.05) is 18.4 Å². The number of nitrogens with zero attached hydrogens (tertiary/aromatic N) is 3. The lowest BCUT2D eigenvalue weighted by molar-refractivity contribution is 0.154. The number of anilines is 1. The number of ether oxygens (including phenoxy) is 1. The molecule has 0 aliphatic carbocycles. The SMILES string of the molecule is CCOCCN(CC)c1nc(Cl)nc2sccc12. The summed E-state index contributed by atoms with van der Waals surface area (Å²) in [5.74, 6) is 0.897. The van der Waals surface area contributed by atoms with E-state index in [1.54, 1.807) is 11.3 Å². The van der Waals surface area contributed by atoms with Gasteiger partial charge in [0.05, 0.1) is 12.0 Å². The second-order valence-electron chi connectivity index (χ2n) is 3.73. The molecule has 0 aromatic carbocycles. The van der Waals surface area contributed by atoms with E-state index in [2.05, 4.69) is 21.8 Å². The minimum absolute atomic E-state index is 0.301. The van der Waals surface area contributed by atoms with Crippen LogP contribution in [-0.4, -0.2) is 36.3 Å². The summed E-state index contributed by atoms with van der Waals surface area (Å²) in [5.41, 5.74) is 0. The predicted octanol–water partition coefficient (Wildman–Crippen LogP) is 3.21. The average molecular weight is 286 g/mol. The van der Waals surface area contributed by atoms with Gasteiger partial charge in [-0.3, -0.25) is 0 Å². The molecule has 2 aromatic rings. The van der Waals surface area contributed by atoms with Crippen molar-refractivity contribution in [1.82, 2.24) is 9.97 Å². The summed E-state index contributed by atoms with van der Waals surface area (Å²) < 4.78 is 5.40. The first-order valence-electron chi connectivity index (χ1n) is 5.99. The highest BCUT2D eigenvalue weighted by molar-refractivity contribution is 7.16. The van der Waals surface area contributed by atoms with Gasteiger partial charge in [0.25, 0.3) is 0 Å². The van der Waals surface area contributed by atoms with Gasteiger partial charge >= 0.3 is 0 Å². The van der Waals surface area contributed by atoms with Crippen LogP contribution in [0.3, 0.4) is 0 Å². The first-order chi connectivity index (χ1) is 8.76. The Morgan fingerprint density at radius 1 is 1.39 bits per heavy atom. The topological polar surface area (TPSA) is 38.2 Å². The van der Waals surface area contributed by atoms with Crippen LogP contribution in [-0.2, 0) is 4.74 Å². The zero-order chi connectivity index (χ0) is 13.0. The van der Waals surface area contributed by atoms with Crippen molar-refractivity contribution in [3.8, 4) is 0 Å². The summed E-state index contributed by atoms with van der Waals surface area (Å²) in [6.45, 7) is 7.19. The fourth-order valence-corrected chi connectivity index (χ4v) is 2.76. The van der Waals surface area contributed by atoms with Crippen molar-refractivity contribution >= 4 is 39.0 Å². The number of hydrogen-bond donors (Lipinski definition) is 0. The van der Waals surface area contributed by atoms with E-state index >= 15 is 0 Å². The van der Waals surface area contributed by atoms with Crippen molar-refractivity contribution in [3.05, 3.63) is 16.7 Å². The maximum atomic E-state index is 5.97. The molecule has 0 saturated carbocycles. The zero-order valence-electron chi connectivity index (χ0n) is 10.5. The monoisotopic (exact) mass is 285 g/mol. The molecular weight excluding hydrogens is 270 g/mol. The lowest BCUT2D eigenvalue weighted by atomic mass is 10.3. The number of rotatable bonds is 6. The van der Waals surface area contributed by atoms with Crippen LogP contribution in [0.1, 0.15) is 13.8 Å². The lowest BCUT2D eigenvalue weighted by Gasteiger charge is -2.22. The van der Waals surface area contributed by atoms with E-state index in [0.717, 1.165) is 35.7 Å². The maximum Gasteiger partial charge on any atom is 0.225 e. The second-order valence-corrected chi connectivity index (χ2v) is 4.96. The van der Waals surface area contributed by atoms with Crippen LogP contribution in [0.15, 0.2) is 11.4 Å². The number of thiophene rings is 1. The van der Waals surface area contributed by atoms with Crippen LogP contribution < -0.4 is 4.90 Å². The summed E-state index contributed by atoms with van der Waals surface area (Å²) >= 11 is 7.55. The fourth-order valence-electron chi connectivity index (χ4n) is 1.79. The second kappa shape index (κ2) is 6.31. The number of fused-ring (bicyclic) bond motifs is 1. The maximum absolute atomic E-state index is 5.97.